The third-order valence-electron chi connectivity index (χ3n) is 21.3. The molecule has 115 heavy (non-hydrogen) atoms. The van der Waals surface area contributed by atoms with Crippen molar-refractivity contribution in [3.05, 3.63) is 165 Å². The summed E-state index contributed by atoms with van der Waals surface area (Å²) in [4.78, 5) is 10.6. The fourth-order valence-corrected chi connectivity index (χ4v) is 12.3. The first-order valence-electron chi connectivity index (χ1n) is 38.5. The number of Topliss-reactive ketones (excluding diaryl/α,β-unsaturated/α-hetero) is 1. The molecule has 6 saturated heterocycles. The molecule has 10 fully saturated rings. The number of carbonyl (C=O) groups excluding carboxylic acids is 1. The molecule has 6 aromatic rings. The van der Waals surface area contributed by atoms with E-state index < -0.39 is 49.4 Å². The molecule has 6 aliphatic heterocycles. The molecule has 0 radical (unpaired) electrons. The maximum absolute atomic E-state index is 10.8. The van der Waals surface area contributed by atoms with Gasteiger partial charge in [-0.1, -0.05) is 110 Å². The zero-order valence-corrected chi connectivity index (χ0v) is 75.7. The van der Waals surface area contributed by atoms with Gasteiger partial charge in [-0.2, -0.15) is 34.6 Å². The Labute approximate surface area is 710 Å². The van der Waals surface area contributed by atoms with Crippen LogP contribution in [0.25, 0.3) is 0 Å². The monoisotopic (exact) mass is 1750 g/mol. The number of nitrogens with one attached hydrogen (secondary N) is 1. The van der Waals surface area contributed by atoms with Gasteiger partial charge in [0.2, 0.25) is 0 Å². The number of carbonyl (C=O) groups is 1. The Kier molecular flexibility index (Phi) is 45.0. The molecule has 3 aromatic carbocycles. The molecule has 9 heterocycles. The largest absolute Gasteiger partial charge is 3.00 e. The predicted octanol–water partition coefficient (Wildman–Crippen LogP) is 12.4. The zero-order chi connectivity index (χ0) is 81.9. The van der Waals surface area contributed by atoms with Crippen LogP contribution in [-0.2, 0) is 106 Å². The normalized spacial score (nSPS) is 25.4. The number of halogens is 3. The van der Waals surface area contributed by atoms with Crippen LogP contribution in [0, 0.1) is 19.8 Å². The van der Waals surface area contributed by atoms with Crippen LogP contribution in [-0.4, -0.2) is 196 Å². The molecule has 25 nitrogen and oxygen atoms in total. The number of aromatic nitrogens is 6. The number of H-pyrrole nitrogens is 1. The number of hydrogen-bond donors (Lipinski definition) is 7. The van der Waals surface area contributed by atoms with Crippen molar-refractivity contribution < 1.29 is 104 Å². The molecule has 0 atom stereocenters. The van der Waals surface area contributed by atoms with Gasteiger partial charge in [0.15, 0.2) is 0 Å². The standard InChI is InChI=1S/C21H29BN2O4.C14H23BN2O4.C12H16O3.C11H12O2.C9H15BN2O2.3C4H7O.CH4O.3ClH.H2P.HP.P.V/c1-19(2)20(3,4)28-22(27-19)17-12-23-24(13-17)15-21(25)10-18(11-21)26-14-16-8-6-5-7-9-16;1-12(2)13(3,4)21-15(20-12)10-7-16-17(8-10)9-14(19)5-11(18)6-14;13-9-12(14)6-11(7-12)15-8-10-4-2-1-3-5-10;12-10-6-11(7-10)13-8-9-4-2-1-3-5-9;1-8(2)9(3,4)14-10(13-8)7-5-11-12-6-7;3*1-2-4-5-3-1;1-2;;;;;;;/h5-9,12-13,18,25H,10-11,14-15H2,1-4H3;7-8,11,18-19H,5-6,9H2,1-4H3;1-5,11,13-14H,6-9H2;1-5,11H,6-8H2;5-6H,1-4H3,(H,11,12);3*3H,1-2,4H2;2H,1H3;3*1H;1H2;1H;;/q;;;;;3*-1;;;;;-1;-2;-3;+3/p-3. The van der Waals surface area contributed by atoms with Crippen LogP contribution < -0.4 is 16.4 Å². The Bertz CT molecular complexity index is 3520. The minimum Gasteiger partial charge on any atom is -3.00 e. The van der Waals surface area contributed by atoms with Gasteiger partial charge in [-0.15, -0.1) is 0 Å². The Morgan fingerprint density at radius 2 is 0.809 bits per heavy atom. The summed E-state index contributed by atoms with van der Waals surface area (Å²) < 4.78 is 70.7. The second-order valence-electron chi connectivity index (χ2n) is 32.4. The number of ketones is 1. The van der Waals surface area contributed by atoms with Crippen molar-refractivity contribution in [2.45, 2.75) is 281 Å². The van der Waals surface area contributed by atoms with E-state index >= 15 is 0 Å². The van der Waals surface area contributed by atoms with Gasteiger partial charge < -0.3 is 117 Å². The Morgan fingerprint density at radius 1 is 0.504 bits per heavy atom. The van der Waals surface area contributed by atoms with Crippen molar-refractivity contribution in [2.24, 2.45) is 0 Å². The van der Waals surface area contributed by atoms with Crippen LogP contribution in [0.3, 0.4) is 0 Å². The van der Waals surface area contributed by atoms with Gasteiger partial charge in [0.1, 0.15) is 5.78 Å². The quantitative estimate of drug-likeness (QED) is 0.0253. The third-order valence-corrected chi connectivity index (χ3v) is 21.3. The van der Waals surface area contributed by atoms with Crippen LogP contribution in [0.5, 0.6) is 0 Å². The molecule has 4 aliphatic carbocycles. The van der Waals surface area contributed by atoms with E-state index in [0.717, 1.165) is 73.7 Å². The molecule has 4 saturated carbocycles. The summed E-state index contributed by atoms with van der Waals surface area (Å²) in [6.07, 6.45) is 22.1. The van der Waals surface area contributed by atoms with Crippen molar-refractivity contribution >= 4 is 103 Å². The third kappa shape index (κ3) is 34.4. The first-order chi connectivity index (χ1) is 53.0. The average Bonchev–Trinajstić information content (AvgIpc) is 1.70. The SMILES string of the molecule is CC1(C)OB(c2cn[nH]c2)OC1(C)C.CC1(C)OB(c2cnn(CC3(O)CC(O)C3)c2)OC1(C)C.CC1(C)OB(c2cnn(CC3(O)CC(OCc4ccccc4)C3)c2)OC1(C)C.CO.O=C1CC(OCc2ccccc2)C1.OCC1(O)CC(OCc2ccccc2)C1.[CH-]1CCCO1.[CH-]1CCCO1.[CH-]1CCCO1.[Cl][V]([Cl])[Cl].[P-3].[PH-2].[PH2-]. The van der Waals surface area contributed by atoms with Crippen LogP contribution in [0.2, 0.25) is 0 Å². The van der Waals surface area contributed by atoms with Gasteiger partial charge in [0.25, 0.3) is 0 Å². The second-order valence-corrected chi connectivity index (χ2v) is 39.3. The maximum Gasteiger partial charge on any atom is -0.577 e. The summed E-state index contributed by atoms with van der Waals surface area (Å²) in [5.41, 5.74) is 1.51. The summed E-state index contributed by atoms with van der Waals surface area (Å²) in [5, 5.41) is 71.0. The zero-order valence-electron chi connectivity index (χ0n) is 69.0. The fraction of sp³-hybridized carbons (Fsp3) is 0.613. The fourth-order valence-electron chi connectivity index (χ4n) is 12.3. The molecule has 0 bridgehead atoms. The maximum atomic E-state index is 10.8. The van der Waals surface area contributed by atoms with Gasteiger partial charge in [-0.05, 0) is 99.8 Å². The van der Waals surface area contributed by atoms with E-state index in [9.17, 15) is 25.2 Å². The average molecular weight is 1760 g/mol. The number of hydrogen-bond acceptors (Lipinski definition) is 22. The van der Waals surface area contributed by atoms with E-state index in [2.05, 4.69) is 20.4 Å². The molecular formula is C80H123B3Cl3N6O19P3V-9. The van der Waals surface area contributed by atoms with Gasteiger partial charge in [0, 0.05) is 132 Å². The van der Waals surface area contributed by atoms with E-state index in [1.165, 1.54) is 24.8 Å². The van der Waals surface area contributed by atoms with Crippen LogP contribution in [0.15, 0.2) is 128 Å². The first kappa shape index (κ1) is 105. The van der Waals surface area contributed by atoms with Crippen molar-refractivity contribution in [3.8, 4) is 0 Å². The predicted molar refractivity (Wildman–Crippen MR) is 454 cm³/mol. The summed E-state index contributed by atoms with van der Waals surface area (Å²) >= 11 is -1.77. The molecule has 7 N–H and O–H groups in total. The van der Waals surface area contributed by atoms with Crippen molar-refractivity contribution in [1.82, 2.24) is 29.8 Å². The molecule has 646 valence electrons. The van der Waals surface area contributed by atoms with E-state index in [1.807, 2.05) is 206 Å². The number of nitrogens with zero attached hydrogens (tertiary/aromatic N) is 5. The summed E-state index contributed by atoms with van der Waals surface area (Å²) in [6, 6.07) is 30.1. The van der Waals surface area contributed by atoms with Gasteiger partial charge in [0.05, 0.1) is 114 Å². The molecule has 3 aromatic heterocycles. The molecular weight excluding hydrogens is 1630 g/mol. The molecule has 0 amide bonds. The summed E-state index contributed by atoms with van der Waals surface area (Å²) in [7, 11) is 14.7. The molecule has 16 rings (SSSR count). The Morgan fingerprint density at radius 3 is 1.07 bits per heavy atom. The van der Waals surface area contributed by atoms with E-state index in [1.54, 1.807) is 34.2 Å². The number of aliphatic hydroxyl groups excluding tert-OH is 3. The Hall–Kier alpha value is -2.82. The minimum absolute atomic E-state index is 0. The van der Waals surface area contributed by atoms with Crippen LogP contribution >= 0.6 is 59.2 Å². The van der Waals surface area contributed by atoms with Gasteiger partial charge in [-0.25, -0.2) is 19.8 Å². The molecule has 0 spiro atoms. The number of ether oxygens (including phenoxy) is 6. The molecule has 35 heteroatoms. The van der Waals surface area contributed by atoms with Gasteiger partial charge in [-0.3, -0.25) is 19.3 Å². The number of benzene rings is 3. The van der Waals surface area contributed by atoms with E-state index in [-0.39, 0.29) is 95.3 Å². The van der Waals surface area contributed by atoms with Crippen molar-refractivity contribution in [3.63, 3.8) is 0 Å². The number of rotatable bonds is 17. The number of aliphatic hydroxyl groups is 6. The minimum atomic E-state index is -1.77. The second kappa shape index (κ2) is 49.5. The van der Waals surface area contributed by atoms with Crippen LogP contribution in [0.1, 0.15) is 190 Å². The van der Waals surface area contributed by atoms with Crippen LogP contribution in [0.4, 0.5) is 0 Å². The summed E-state index contributed by atoms with van der Waals surface area (Å²) in [6.45, 7) is 35.2. The smallest absolute Gasteiger partial charge is 0.577 e. The summed E-state index contributed by atoms with van der Waals surface area (Å²) in [5.74, 6) is 0.318. The van der Waals surface area contributed by atoms with Gasteiger partial charge >= 0.3 is 63.2 Å². The van der Waals surface area contributed by atoms with Crippen molar-refractivity contribution in [1.29, 1.82) is 0 Å². The van der Waals surface area contributed by atoms with Crippen molar-refractivity contribution in [2.75, 3.05) is 33.5 Å². The van der Waals surface area contributed by atoms with E-state index in [0.29, 0.717) is 90.1 Å². The molecule has 10 aliphatic rings. The first-order valence-corrected chi connectivity index (χ1v) is 44.3. The van der Waals surface area contributed by atoms with E-state index in [4.69, 9.17) is 96.1 Å². The topological polar surface area (TPSA) is 314 Å². The number of aromatic amines is 1. The Balaban J connectivity index is 0.000000288. The molecule has 0 unspecified atom stereocenters.